The molecule has 0 saturated carbocycles. The number of hydrogen-bond acceptors (Lipinski definition) is 7. The number of nitrogens with zero attached hydrogens (tertiary/aromatic N) is 3. The Kier molecular flexibility index (Phi) is 6.87. The average Bonchev–Trinajstić information content (AvgIpc) is 3.43. The molecule has 1 aliphatic heterocycles. The smallest absolute Gasteiger partial charge is 0.260 e. The summed E-state index contributed by atoms with van der Waals surface area (Å²) >= 11 is 0. The second kappa shape index (κ2) is 10.0. The maximum Gasteiger partial charge on any atom is 0.260 e. The number of rotatable bonds is 7. The first kappa shape index (κ1) is 23.4. The Hall–Kier alpha value is -3.79. The SMILES string of the molecule is CC(N)c1ccc([C@@H](NC(=O)[C@@H]2C[C@@H](F)CN2C(=O)Cc2nc(N)no2)c2ccccc2)cc1. The number of nitrogen functional groups attached to an aromatic ring is 1. The number of benzene rings is 2. The van der Waals surface area contributed by atoms with Gasteiger partial charge in [-0.05, 0) is 28.8 Å². The van der Waals surface area contributed by atoms with Crippen LogP contribution in [0.25, 0.3) is 0 Å². The molecule has 34 heavy (non-hydrogen) atoms. The van der Waals surface area contributed by atoms with Crippen molar-refractivity contribution in [1.82, 2.24) is 20.4 Å². The Morgan fingerprint density at radius 2 is 1.79 bits per heavy atom. The number of halogens is 1. The van der Waals surface area contributed by atoms with Crippen LogP contribution in [-0.4, -0.2) is 45.6 Å². The largest absolute Gasteiger partial charge is 0.365 e. The van der Waals surface area contributed by atoms with Crippen LogP contribution in [0.2, 0.25) is 0 Å². The van der Waals surface area contributed by atoms with Gasteiger partial charge in [0.1, 0.15) is 18.6 Å². The standard InChI is InChI=1S/C24H27FN6O3/c1-14(26)15-7-9-17(10-8-15)22(16-5-3-2-4-6-16)29-23(33)19-11-18(25)13-31(19)21(32)12-20-28-24(27)30-34-20/h2-10,14,18-19,22H,11-13,26H2,1H3,(H2,27,30)(H,29,33)/t14?,18-,19+,22+/m1/s1. The van der Waals surface area contributed by atoms with Gasteiger partial charge in [0.05, 0.1) is 12.6 Å². The van der Waals surface area contributed by atoms with Crippen LogP contribution in [-0.2, 0) is 16.0 Å². The van der Waals surface area contributed by atoms with E-state index in [0.717, 1.165) is 16.7 Å². The summed E-state index contributed by atoms with van der Waals surface area (Å²) < 4.78 is 19.2. The van der Waals surface area contributed by atoms with E-state index in [-0.39, 0.29) is 37.3 Å². The summed E-state index contributed by atoms with van der Waals surface area (Å²) in [6.07, 6.45) is -1.66. The van der Waals surface area contributed by atoms with Gasteiger partial charge in [-0.3, -0.25) is 9.59 Å². The number of carbonyl (C=O) groups is 2. The summed E-state index contributed by atoms with van der Waals surface area (Å²) in [7, 11) is 0. The van der Waals surface area contributed by atoms with Gasteiger partial charge in [-0.25, -0.2) is 4.39 Å². The van der Waals surface area contributed by atoms with Crippen LogP contribution in [0.3, 0.4) is 0 Å². The minimum absolute atomic E-state index is 0.0142. The molecule has 2 amide bonds. The highest BCUT2D eigenvalue weighted by Crippen LogP contribution is 2.27. The molecule has 9 nitrogen and oxygen atoms in total. The Labute approximate surface area is 196 Å². The molecule has 178 valence electrons. The minimum Gasteiger partial charge on any atom is -0.365 e. The van der Waals surface area contributed by atoms with Crippen LogP contribution in [0.1, 0.15) is 48.0 Å². The topological polar surface area (TPSA) is 140 Å². The number of alkyl halides is 1. The molecular formula is C24H27FN6O3. The summed E-state index contributed by atoms with van der Waals surface area (Å²) in [5.41, 5.74) is 14.1. The molecule has 1 saturated heterocycles. The van der Waals surface area contributed by atoms with E-state index in [0.29, 0.717) is 0 Å². The summed E-state index contributed by atoms with van der Waals surface area (Å²) in [5.74, 6) is -1.01. The van der Waals surface area contributed by atoms with E-state index in [1.165, 1.54) is 4.90 Å². The van der Waals surface area contributed by atoms with Gasteiger partial charge in [0.15, 0.2) is 0 Å². The molecule has 2 heterocycles. The van der Waals surface area contributed by atoms with Gasteiger partial charge in [0.25, 0.3) is 5.95 Å². The predicted molar refractivity (Wildman–Crippen MR) is 123 cm³/mol. The van der Waals surface area contributed by atoms with Crippen molar-refractivity contribution < 1.29 is 18.5 Å². The van der Waals surface area contributed by atoms with Crippen molar-refractivity contribution in [3.05, 3.63) is 77.2 Å². The van der Waals surface area contributed by atoms with Crippen molar-refractivity contribution in [3.8, 4) is 0 Å². The van der Waals surface area contributed by atoms with Crippen molar-refractivity contribution in [2.24, 2.45) is 5.73 Å². The van der Waals surface area contributed by atoms with Crippen LogP contribution in [0.4, 0.5) is 10.3 Å². The van der Waals surface area contributed by atoms with E-state index in [2.05, 4.69) is 15.5 Å². The van der Waals surface area contributed by atoms with Crippen molar-refractivity contribution in [2.45, 2.75) is 44.1 Å². The summed E-state index contributed by atoms with van der Waals surface area (Å²) in [6.45, 7) is 1.72. The van der Waals surface area contributed by atoms with E-state index in [4.69, 9.17) is 16.0 Å². The molecular weight excluding hydrogens is 439 g/mol. The maximum atomic E-state index is 14.3. The van der Waals surface area contributed by atoms with Gasteiger partial charge in [-0.15, -0.1) is 0 Å². The first-order valence-corrected chi connectivity index (χ1v) is 11.0. The molecule has 2 aromatic carbocycles. The van der Waals surface area contributed by atoms with Crippen molar-refractivity contribution >= 4 is 17.8 Å². The number of hydrogen-bond donors (Lipinski definition) is 3. The number of amides is 2. The number of nitrogens with two attached hydrogens (primary N) is 2. The monoisotopic (exact) mass is 466 g/mol. The quantitative estimate of drug-likeness (QED) is 0.484. The van der Waals surface area contributed by atoms with Gasteiger partial charge >= 0.3 is 0 Å². The summed E-state index contributed by atoms with van der Waals surface area (Å²) in [6, 6.07) is 15.5. The fraction of sp³-hybridized carbons (Fsp3) is 0.333. The third-order valence-electron chi connectivity index (χ3n) is 5.87. The molecule has 10 heteroatoms. The van der Waals surface area contributed by atoms with Crippen LogP contribution in [0, 0.1) is 0 Å². The van der Waals surface area contributed by atoms with Gasteiger partial charge in [0, 0.05) is 12.5 Å². The van der Waals surface area contributed by atoms with E-state index in [1.54, 1.807) is 0 Å². The normalized spacial score (nSPS) is 19.6. The van der Waals surface area contributed by atoms with Crippen LogP contribution in [0.15, 0.2) is 59.1 Å². The first-order valence-electron chi connectivity index (χ1n) is 11.0. The number of likely N-dealkylation sites (tertiary alicyclic amines) is 1. The van der Waals surface area contributed by atoms with Gasteiger partial charge in [-0.2, -0.15) is 4.98 Å². The molecule has 4 rings (SSSR count). The van der Waals surface area contributed by atoms with Crippen LogP contribution < -0.4 is 16.8 Å². The Bertz CT molecular complexity index is 1140. The average molecular weight is 467 g/mol. The lowest BCUT2D eigenvalue weighted by Gasteiger charge is -2.27. The highest BCUT2D eigenvalue weighted by Gasteiger charge is 2.40. The predicted octanol–water partition coefficient (Wildman–Crippen LogP) is 2.06. The van der Waals surface area contributed by atoms with Crippen LogP contribution in [0.5, 0.6) is 0 Å². The second-order valence-corrected chi connectivity index (χ2v) is 8.43. The molecule has 5 N–H and O–H groups in total. The Morgan fingerprint density at radius 1 is 1.15 bits per heavy atom. The number of carbonyl (C=O) groups excluding carboxylic acids is 2. The second-order valence-electron chi connectivity index (χ2n) is 8.43. The molecule has 1 unspecified atom stereocenters. The van der Waals surface area contributed by atoms with Gasteiger partial charge in [-0.1, -0.05) is 54.6 Å². The zero-order chi connectivity index (χ0) is 24.2. The molecule has 4 atom stereocenters. The molecule has 0 spiro atoms. The summed E-state index contributed by atoms with van der Waals surface area (Å²) in [4.78, 5) is 31.2. The third-order valence-corrected chi connectivity index (χ3v) is 5.87. The first-order chi connectivity index (χ1) is 16.3. The number of nitrogens with one attached hydrogen (secondary N) is 1. The molecule has 1 fully saturated rings. The van der Waals surface area contributed by atoms with Gasteiger partial charge < -0.3 is 26.2 Å². The maximum absolute atomic E-state index is 14.3. The minimum atomic E-state index is -1.31. The lowest BCUT2D eigenvalue weighted by atomic mass is 9.96. The third kappa shape index (κ3) is 5.23. The Morgan fingerprint density at radius 3 is 2.41 bits per heavy atom. The van der Waals surface area contributed by atoms with E-state index in [1.807, 2.05) is 61.5 Å². The summed E-state index contributed by atoms with van der Waals surface area (Å²) in [5, 5.41) is 6.46. The molecule has 1 aromatic heterocycles. The van der Waals surface area contributed by atoms with E-state index >= 15 is 0 Å². The molecule has 0 bridgehead atoms. The molecule has 1 aliphatic rings. The molecule has 0 radical (unpaired) electrons. The molecule has 0 aliphatic carbocycles. The highest BCUT2D eigenvalue weighted by molar-refractivity contribution is 5.89. The van der Waals surface area contributed by atoms with Crippen molar-refractivity contribution in [1.29, 1.82) is 0 Å². The van der Waals surface area contributed by atoms with Crippen molar-refractivity contribution in [3.63, 3.8) is 0 Å². The van der Waals surface area contributed by atoms with E-state index < -0.39 is 30.1 Å². The van der Waals surface area contributed by atoms with Gasteiger partial charge in [0.2, 0.25) is 17.7 Å². The lowest BCUT2D eigenvalue weighted by molar-refractivity contribution is -0.138. The van der Waals surface area contributed by atoms with E-state index in [9.17, 15) is 14.0 Å². The Balaban J connectivity index is 1.55. The fourth-order valence-corrected chi connectivity index (χ4v) is 4.11. The lowest BCUT2D eigenvalue weighted by Crippen LogP contribution is -2.47. The van der Waals surface area contributed by atoms with Crippen LogP contribution >= 0.6 is 0 Å². The highest BCUT2D eigenvalue weighted by atomic mass is 19.1. The fourth-order valence-electron chi connectivity index (χ4n) is 4.11. The zero-order valence-electron chi connectivity index (χ0n) is 18.7. The van der Waals surface area contributed by atoms with Crippen molar-refractivity contribution in [2.75, 3.05) is 12.3 Å². The molecule has 3 aromatic rings. The number of aromatic nitrogens is 2. The number of anilines is 1. The zero-order valence-corrected chi connectivity index (χ0v) is 18.7.